The maximum Gasteiger partial charge on any atom is 0.339 e. The van der Waals surface area contributed by atoms with Gasteiger partial charge in [0, 0.05) is 36.4 Å². The number of hydrogen-bond acceptors (Lipinski definition) is 7. The van der Waals surface area contributed by atoms with Gasteiger partial charge in [0.15, 0.2) is 6.10 Å². The minimum atomic E-state index is -1.00. The summed E-state index contributed by atoms with van der Waals surface area (Å²) in [6, 6.07) is 13.1. The third-order valence-electron chi connectivity index (χ3n) is 9.83. The van der Waals surface area contributed by atoms with Gasteiger partial charge in [-0.2, -0.15) is 0 Å². The smallest absolute Gasteiger partial charge is 0.339 e. The van der Waals surface area contributed by atoms with Gasteiger partial charge in [0.05, 0.1) is 24.4 Å². The van der Waals surface area contributed by atoms with Crippen LogP contribution in [-0.4, -0.2) is 59.5 Å². The first-order chi connectivity index (χ1) is 23.7. The van der Waals surface area contributed by atoms with Crippen molar-refractivity contribution in [2.24, 2.45) is 0 Å². The maximum atomic E-state index is 15.1. The van der Waals surface area contributed by atoms with E-state index < -0.39 is 17.7 Å². The minimum Gasteiger partial charge on any atom is -0.490 e. The first-order valence-corrected chi connectivity index (χ1v) is 18.0. The molecule has 0 N–H and O–H groups in total. The molecule has 7 rings (SSSR count). The highest BCUT2D eigenvalue weighted by Crippen LogP contribution is 2.43. The summed E-state index contributed by atoms with van der Waals surface area (Å²) >= 11 is 7.38. The van der Waals surface area contributed by atoms with Crippen LogP contribution in [0.2, 0.25) is 5.15 Å². The summed E-state index contributed by atoms with van der Waals surface area (Å²) < 4.78 is 41.8. The normalized spacial score (nSPS) is 20.8. The van der Waals surface area contributed by atoms with Gasteiger partial charge >= 0.3 is 5.97 Å². The molecule has 1 saturated heterocycles. The SMILES string of the molecule is COC(=O)C(OC(C)(C)C)c1c(C)cc2nc3c(Cl)n2c1N1CCC(C)(CC1)OCCCCC(C)Oc1cc(C)c(F)cc1-c1cccc-3c1. The Morgan fingerprint density at radius 3 is 2.50 bits per heavy atom. The number of nitrogens with zero attached hydrogens (tertiary/aromatic N) is 3. The molecular formula is C40H49ClFN3O5. The molecule has 0 spiro atoms. The lowest BCUT2D eigenvalue weighted by molar-refractivity contribution is -0.164. The van der Waals surface area contributed by atoms with Gasteiger partial charge in [-0.25, -0.2) is 14.2 Å². The molecule has 2 unspecified atom stereocenters. The highest BCUT2D eigenvalue weighted by Gasteiger charge is 2.38. The first kappa shape index (κ1) is 36.1. The van der Waals surface area contributed by atoms with E-state index >= 15 is 4.39 Å². The van der Waals surface area contributed by atoms with Crippen LogP contribution in [-0.2, 0) is 19.0 Å². The predicted molar refractivity (Wildman–Crippen MR) is 196 cm³/mol. The van der Waals surface area contributed by atoms with Crippen LogP contribution in [0.4, 0.5) is 10.2 Å². The number of rotatable bonds is 3. The molecule has 268 valence electrons. The summed E-state index contributed by atoms with van der Waals surface area (Å²) in [6.07, 6.45) is 3.21. The number of hydrogen-bond donors (Lipinski definition) is 0. The average Bonchev–Trinajstić information content (AvgIpc) is 3.39. The fourth-order valence-electron chi connectivity index (χ4n) is 7.06. The van der Waals surface area contributed by atoms with E-state index in [4.69, 9.17) is 35.5 Å². The Morgan fingerprint density at radius 1 is 1.08 bits per heavy atom. The monoisotopic (exact) mass is 705 g/mol. The second kappa shape index (κ2) is 14.2. The number of carbonyl (C=O) groups excluding carboxylic acids is 1. The number of imidazole rings is 1. The first-order valence-electron chi connectivity index (χ1n) is 17.6. The van der Waals surface area contributed by atoms with Crippen molar-refractivity contribution in [3.05, 3.63) is 70.1 Å². The van der Waals surface area contributed by atoms with Crippen molar-refractivity contribution in [2.45, 2.75) is 104 Å². The Kier molecular flexibility index (Phi) is 10.2. The number of esters is 1. The molecule has 0 aliphatic carbocycles. The van der Waals surface area contributed by atoms with Crippen LogP contribution in [0.1, 0.15) is 89.5 Å². The number of anilines is 1. The molecule has 10 heteroatoms. The number of pyridine rings is 1. The number of halogens is 2. The zero-order valence-electron chi connectivity index (χ0n) is 30.5. The van der Waals surface area contributed by atoms with Crippen molar-refractivity contribution in [1.29, 1.82) is 0 Å². The Balaban J connectivity index is 1.58. The molecule has 3 aliphatic heterocycles. The lowest BCUT2D eigenvalue weighted by Gasteiger charge is -2.42. The van der Waals surface area contributed by atoms with Crippen molar-refractivity contribution in [2.75, 3.05) is 31.7 Å². The third-order valence-corrected chi connectivity index (χ3v) is 10.2. The van der Waals surface area contributed by atoms with E-state index in [9.17, 15) is 4.79 Å². The molecule has 0 radical (unpaired) electrons. The lowest BCUT2D eigenvalue weighted by Crippen LogP contribution is -2.45. The predicted octanol–water partition coefficient (Wildman–Crippen LogP) is 9.43. The van der Waals surface area contributed by atoms with Gasteiger partial charge in [-0.1, -0.05) is 29.8 Å². The zero-order valence-corrected chi connectivity index (χ0v) is 31.2. The fraction of sp³-hybridized carbons (Fsp3) is 0.500. The Morgan fingerprint density at radius 2 is 1.80 bits per heavy atom. The number of aromatic nitrogens is 2. The topological polar surface area (TPSA) is 74.5 Å². The van der Waals surface area contributed by atoms with E-state index in [1.54, 1.807) is 19.1 Å². The Hall–Kier alpha value is -3.66. The summed E-state index contributed by atoms with van der Waals surface area (Å²) in [5.74, 6) is 0.595. The molecule has 2 aromatic heterocycles. The van der Waals surface area contributed by atoms with Crippen molar-refractivity contribution < 1.29 is 28.1 Å². The number of ether oxygens (including phenoxy) is 4. The number of fused-ring (bicyclic) bond motifs is 8. The van der Waals surface area contributed by atoms with Crippen LogP contribution in [0.3, 0.4) is 0 Å². The van der Waals surface area contributed by atoms with Crippen LogP contribution in [0, 0.1) is 19.7 Å². The highest BCUT2D eigenvalue weighted by atomic mass is 35.5. The van der Waals surface area contributed by atoms with E-state index in [0.29, 0.717) is 58.6 Å². The number of benzene rings is 2. The molecule has 8 nitrogen and oxygen atoms in total. The molecule has 0 amide bonds. The van der Waals surface area contributed by atoms with E-state index in [1.165, 1.54) is 7.11 Å². The van der Waals surface area contributed by atoms with Crippen molar-refractivity contribution >= 4 is 29.0 Å². The fourth-order valence-corrected chi connectivity index (χ4v) is 7.38. The van der Waals surface area contributed by atoms with Gasteiger partial charge in [-0.05, 0) is 122 Å². The van der Waals surface area contributed by atoms with Crippen molar-refractivity contribution in [3.63, 3.8) is 0 Å². The molecule has 2 atom stereocenters. The second-order valence-electron chi connectivity index (χ2n) is 15.0. The van der Waals surface area contributed by atoms with E-state index in [2.05, 4.69) is 18.7 Å². The Labute approximate surface area is 299 Å². The molecule has 1 fully saturated rings. The lowest BCUT2D eigenvalue weighted by atomic mass is 9.92. The molecule has 5 heterocycles. The number of piperidine rings is 1. The molecular weight excluding hydrogens is 657 g/mol. The van der Waals surface area contributed by atoms with Gasteiger partial charge in [-0.3, -0.25) is 4.40 Å². The van der Waals surface area contributed by atoms with Gasteiger partial charge in [0.2, 0.25) is 0 Å². The summed E-state index contributed by atoms with van der Waals surface area (Å²) in [5.41, 5.74) is 4.54. The molecule has 3 aliphatic rings. The van der Waals surface area contributed by atoms with Gasteiger partial charge in [0.1, 0.15) is 33.9 Å². The zero-order chi connectivity index (χ0) is 36.0. The second-order valence-corrected chi connectivity index (χ2v) is 15.4. The van der Waals surface area contributed by atoms with E-state index in [-0.39, 0.29) is 17.5 Å². The number of methoxy groups -OCH3 is 1. The summed E-state index contributed by atoms with van der Waals surface area (Å²) in [6.45, 7) is 15.7. The Bertz CT molecular complexity index is 1890. The van der Waals surface area contributed by atoms with Gasteiger partial charge in [0.25, 0.3) is 0 Å². The van der Waals surface area contributed by atoms with Crippen LogP contribution in [0.15, 0.2) is 42.5 Å². The number of aryl methyl sites for hydroxylation is 2. The largest absolute Gasteiger partial charge is 0.490 e. The van der Waals surface area contributed by atoms with Crippen LogP contribution in [0.5, 0.6) is 5.75 Å². The molecule has 2 aromatic carbocycles. The average molecular weight is 706 g/mol. The van der Waals surface area contributed by atoms with Crippen LogP contribution >= 0.6 is 11.6 Å². The maximum absolute atomic E-state index is 15.1. The summed E-state index contributed by atoms with van der Waals surface area (Å²) in [5, 5.41) is 0.395. The molecule has 6 bridgehead atoms. The third kappa shape index (κ3) is 7.37. The standard InChI is InChI=1S/C40H49ClFN3O5/c1-24-20-31-29(23-30(24)42)27-13-11-14-28(22-27)34-36(41)45-32(43-34)21-25(2)33(35(38(46)47-8)50-39(4,5)6)37(45)44-17-15-40(7,16-18-44)48-19-10-9-12-26(3)49-31/h11,13-14,20-23,26,35H,9-10,12,15-19H2,1-8H3. The van der Waals surface area contributed by atoms with E-state index in [1.807, 2.05) is 62.4 Å². The van der Waals surface area contributed by atoms with Gasteiger partial charge < -0.3 is 23.8 Å². The van der Waals surface area contributed by atoms with Crippen LogP contribution < -0.4 is 9.64 Å². The number of carbonyl (C=O) groups is 1. The molecule has 50 heavy (non-hydrogen) atoms. The van der Waals surface area contributed by atoms with Crippen LogP contribution in [0.25, 0.3) is 28.0 Å². The van der Waals surface area contributed by atoms with Gasteiger partial charge in [-0.15, -0.1) is 0 Å². The highest BCUT2D eigenvalue weighted by molar-refractivity contribution is 6.32. The minimum absolute atomic E-state index is 0.0639. The van der Waals surface area contributed by atoms with Crippen molar-refractivity contribution in [1.82, 2.24) is 9.38 Å². The summed E-state index contributed by atoms with van der Waals surface area (Å²) in [7, 11) is 1.38. The van der Waals surface area contributed by atoms with Crippen molar-refractivity contribution in [3.8, 4) is 28.1 Å². The summed E-state index contributed by atoms with van der Waals surface area (Å²) in [4.78, 5) is 20.8. The molecule has 0 saturated carbocycles. The quantitative estimate of drug-likeness (QED) is 0.197. The van der Waals surface area contributed by atoms with E-state index in [0.717, 1.165) is 54.6 Å². The molecule has 4 aromatic rings.